The second-order valence-electron chi connectivity index (χ2n) is 5.26. The minimum atomic E-state index is -0.964. The third-order valence-corrected chi connectivity index (χ3v) is 3.60. The number of pyridine rings is 1. The van der Waals surface area contributed by atoms with E-state index in [1.165, 1.54) is 12.8 Å². The van der Waals surface area contributed by atoms with Crippen LogP contribution in [0.4, 0.5) is 0 Å². The Morgan fingerprint density at radius 3 is 2.47 bits per heavy atom. The highest BCUT2D eigenvalue weighted by Crippen LogP contribution is 2.27. The van der Waals surface area contributed by atoms with Gasteiger partial charge in [0.15, 0.2) is 0 Å². The predicted molar refractivity (Wildman–Crippen MR) is 72.8 cm³/mol. The first-order chi connectivity index (χ1) is 9.08. The molecule has 1 saturated carbocycles. The first kappa shape index (κ1) is 13.8. The standard InChI is InChI=1S/C15H21NO3/c1-10-9-13(14(15(17)18)11(2)16-10)19-12-7-5-3-4-6-8-12/h9,12H,3-8H2,1-2H3,(H,17,18). The number of aryl methyl sites for hydroxylation is 2. The van der Waals surface area contributed by atoms with Gasteiger partial charge in [0.25, 0.3) is 0 Å². The summed E-state index contributed by atoms with van der Waals surface area (Å²) in [6.07, 6.45) is 6.99. The average molecular weight is 263 g/mol. The number of aromatic nitrogens is 1. The third-order valence-electron chi connectivity index (χ3n) is 3.60. The van der Waals surface area contributed by atoms with Gasteiger partial charge in [0.2, 0.25) is 0 Å². The molecule has 0 radical (unpaired) electrons. The molecule has 2 rings (SSSR count). The molecule has 0 bridgehead atoms. The number of carboxylic acids is 1. The van der Waals surface area contributed by atoms with Crippen LogP contribution < -0.4 is 4.74 Å². The Hall–Kier alpha value is -1.58. The SMILES string of the molecule is Cc1cc(OC2CCCCCC2)c(C(=O)O)c(C)n1. The quantitative estimate of drug-likeness (QED) is 0.848. The van der Waals surface area contributed by atoms with Crippen molar-refractivity contribution in [3.05, 3.63) is 23.0 Å². The van der Waals surface area contributed by atoms with Crippen LogP contribution in [-0.4, -0.2) is 22.2 Å². The topological polar surface area (TPSA) is 59.4 Å². The number of carbonyl (C=O) groups is 1. The summed E-state index contributed by atoms with van der Waals surface area (Å²) in [5.41, 5.74) is 1.53. The highest BCUT2D eigenvalue weighted by Gasteiger charge is 2.20. The maximum absolute atomic E-state index is 11.3. The van der Waals surface area contributed by atoms with Gasteiger partial charge < -0.3 is 9.84 Å². The first-order valence-corrected chi connectivity index (χ1v) is 6.96. The van der Waals surface area contributed by atoms with Gasteiger partial charge in [0.05, 0.1) is 11.8 Å². The van der Waals surface area contributed by atoms with Gasteiger partial charge in [-0.25, -0.2) is 4.79 Å². The van der Waals surface area contributed by atoms with Crippen molar-refractivity contribution in [2.45, 2.75) is 58.5 Å². The van der Waals surface area contributed by atoms with E-state index in [0.29, 0.717) is 11.4 Å². The number of ether oxygens (including phenoxy) is 1. The molecule has 0 unspecified atom stereocenters. The van der Waals surface area contributed by atoms with E-state index in [1.54, 1.807) is 13.0 Å². The summed E-state index contributed by atoms with van der Waals surface area (Å²) in [5.74, 6) is -0.488. The van der Waals surface area contributed by atoms with Crippen LogP contribution in [0.1, 0.15) is 60.3 Å². The summed E-state index contributed by atoms with van der Waals surface area (Å²) in [7, 11) is 0. The lowest BCUT2D eigenvalue weighted by Gasteiger charge is -2.19. The number of carboxylic acid groups (broad SMARTS) is 1. The molecule has 4 nitrogen and oxygen atoms in total. The lowest BCUT2D eigenvalue weighted by molar-refractivity contribution is 0.0686. The lowest BCUT2D eigenvalue weighted by atomic mass is 10.1. The van der Waals surface area contributed by atoms with E-state index in [2.05, 4.69) is 4.98 Å². The largest absolute Gasteiger partial charge is 0.489 e. The molecule has 19 heavy (non-hydrogen) atoms. The molecule has 1 aromatic rings. The van der Waals surface area contributed by atoms with E-state index in [1.807, 2.05) is 6.92 Å². The Bertz CT molecular complexity index is 463. The van der Waals surface area contributed by atoms with E-state index in [-0.39, 0.29) is 11.7 Å². The Kier molecular flexibility index (Phi) is 4.40. The van der Waals surface area contributed by atoms with Crippen molar-refractivity contribution in [1.29, 1.82) is 0 Å². The van der Waals surface area contributed by atoms with Crippen LogP contribution in [0.5, 0.6) is 5.75 Å². The Morgan fingerprint density at radius 1 is 1.26 bits per heavy atom. The molecule has 1 heterocycles. The molecular formula is C15H21NO3. The minimum Gasteiger partial charge on any atom is -0.489 e. The molecule has 1 N–H and O–H groups in total. The van der Waals surface area contributed by atoms with Gasteiger partial charge >= 0.3 is 5.97 Å². The molecule has 0 aliphatic heterocycles. The maximum atomic E-state index is 11.3. The van der Waals surface area contributed by atoms with Crippen molar-refractivity contribution in [2.24, 2.45) is 0 Å². The number of hydrogen-bond acceptors (Lipinski definition) is 3. The zero-order valence-corrected chi connectivity index (χ0v) is 11.6. The van der Waals surface area contributed by atoms with Crippen molar-refractivity contribution >= 4 is 5.97 Å². The summed E-state index contributed by atoms with van der Waals surface area (Å²) in [4.78, 5) is 15.5. The van der Waals surface area contributed by atoms with E-state index in [9.17, 15) is 9.90 Å². The second kappa shape index (κ2) is 6.04. The zero-order chi connectivity index (χ0) is 13.8. The van der Waals surface area contributed by atoms with Crippen LogP contribution in [0.3, 0.4) is 0 Å². The van der Waals surface area contributed by atoms with Gasteiger partial charge in [0.1, 0.15) is 11.3 Å². The molecule has 0 spiro atoms. The van der Waals surface area contributed by atoms with Gasteiger partial charge in [0, 0.05) is 11.8 Å². The van der Waals surface area contributed by atoms with Crippen molar-refractivity contribution in [3.63, 3.8) is 0 Å². The first-order valence-electron chi connectivity index (χ1n) is 6.96. The van der Waals surface area contributed by atoms with Crippen LogP contribution in [-0.2, 0) is 0 Å². The fourth-order valence-corrected chi connectivity index (χ4v) is 2.69. The van der Waals surface area contributed by atoms with Gasteiger partial charge in [-0.15, -0.1) is 0 Å². The molecule has 0 amide bonds. The van der Waals surface area contributed by atoms with Gasteiger partial charge in [-0.05, 0) is 39.5 Å². The molecule has 1 aromatic heterocycles. The Morgan fingerprint density at radius 2 is 1.89 bits per heavy atom. The normalized spacial score (nSPS) is 16.9. The summed E-state index contributed by atoms with van der Waals surface area (Å²) in [5, 5.41) is 9.30. The van der Waals surface area contributed by atoms with Crippen molar-refractivity contribution in [1.82, 2.24) is 4.98 Å². The molecule has 1 aliphatic rings. The summed E-state index contributed by atoms with van der Waals surface area (Å²) >= 11 is 0. The van der Waals surface area contributed by atoms with Gasteiger partial charge in [-0.1, -0.05) is 12.8 Å². The van der Waals surface area contributed by atoms with Gasteiger partial charge in [-0.3, -0.25) is 4.98 Å². The predicted octanol–water partition coefficient (Wildman–Crippen LogP) is 3.50. The number of rotatable bonds is 3. The van der Waals surface area contributed by atoms with E-state index in [0.717, 1.165) is 31.4 Å². The monoisotopic (exact) mass is 263 g/mol. The van der Waals surface area contributed by atoms with E-state index in [4.69, 9.17) is 4.74 Å². The smallest absolute Gasteiger partial charge is 0.341 e. The molecule has 1 aliphatic carbocycles. The molecule has 1 fully saturated rings. The van der Waals surface area contributed by atoms with Crippen LogP contribution in [0, 0.1) is 13.8 Å². The van der Waals surface area contributed by atoms with Crippen molar-refractivity contribution in [2.75, 3.05) is 0 Å². The summed E-state index contributed by atoms with van der Waals surface area (Å²) < 4.78 is 5.97. The molecular weight excluding hydrogens is 242 g/mol. The molecule has 4 heteroatoms. The molecule has 0 atom stereocenters. The Labute approximate surface area is 113 Å². The second-order valence-corrected chi connectivity index (χ2v) is 5.26. The van der Waals surface area contributed by atoms with E-state index < -0.39 is 5.97 Å². The van der Waals surface area contributed by atoms with Crippen LogP contribution in [0.15, 0.2) is 6.07 Å². The van der Waals surface area contributed by atoms with Crippen LogP contribution >= 0.6 is 0 Å². The maximum Gasteiger partial charge on any atom is 0.341 e. The van der Waals surface area contributed by atoms with Crippen LogP contribution in [0.25, 0.3) is 0 Å². The number of aromatic carboxylic acids is 1. The number of hydrogen-bond donors (Lipinski definition) is 1. The summed E-state index contributed by atoms with van der Waals surface area (Å²) in [6, 6.07) is 1.74. The molecule has 0 saturated heterocycles. The lowest BCUT2D eigenvalue weighted by Crippen LogP contribution is -2.18. The van der Waals surface area contributed by atoms with Crippen molar-refractivity contribution in [3.8, 4) is 5.75 Å². The van der Waals surface area contributed by atoms with Crippen molar-refractivity contribution < 1.29 is 14.6 Å². The van der Waals surface area contributed by atoms with Crippen LogP contribution in [0.2, 0.25) is 0 Å². The minimum absolute atomic E-state index is 0.141. The summed E-state index contributed by atoms with van der Waals surface area (Å²) in [6.45, 7) is 3.58. The fraction of sp³-hybridized carbons (Fsp3) is 0.600. The Balaban J connectivity index is 2.24. The van der Waals surface area contributed by atoms with Gasteiger partial charge in [-0.2, -0.15) is 0 Å². The highest BCUT2D eigenvalue weighted by atomic mass is 16.5. The third kappa shape index (κ3) is 3.46. The fourth-order valence-electron chi connectivity index (χ4n) is 2.69. The van der Waals surface area contributed by atoms with E-state index >= 15 is 0 Å². The number of nitrogens with zero attached hydrogens (tertiary/aromatic N) is 1. The highest BCUT2D eigenvalue weighted by molar-refractivity contribution is 5.92. The zero-order valence-electron chi connectivity index (χ0n) is 11.6. The molecule has 0 aromatic carbocycles. The molecule has 104 valence electrons. The average Bonchev–Trinajstić information content (AvgIpc) is 2.56.